The highest BCUT2D eigenvalue weighted by molar-refractivity contribution is 6.34. The number of carboxylic acid groups (broad SMARTS) is 1. The van der Waals surface area contributed by atoms with Crippen LogP contribution >= 0.6 is 11.6 Å². The van der Waals surface area contributed by atoms with Crippen LogP contribution in [0.4, 0.5) is 11.4 Å². The van der Waals surface area contributed by atoms with E-state index in [2.05, 4.69) is 10.2 Å². The number of carbonyl (C=O) groups excluding carboxylic acids is 2. The van der Waals surface area contributed by atoms with Crippen molar-refractivity contribution in [3.8, 4) is 0 Å². The predicted molar refractivity (Wildman–Crippen MR) is 127 cm³/mol. The van der Waals surface area contributed by atoms with Gasteiger partial charge in [0.05, 0.1) is 28.4 Å². The number of aromatic carboxylic acids is 1. The summed E-state index contributed by atoms with van der Waals surface area (Å²) in [7, 11) is 0. The lowest BCUT2D eigenvalue weighted by molar-refractivity contribution is -0.131. The zero-order chi connectivity index (χ0) is 23.4. The van der Waals surface area contributed by atoms with Crippen LogP contribution in [0.5, 0.6) is 0 Å². The van der Waals surface area contributed by atoms with E-state index in [9.17, 15) is 19.5 Å². The first kappa shape index (κ1) is 23.1. The van der Waals surface area contributed by atoms with Gasteiger partial charge >= 0.3 is 5.97 Å². The van der Waals surface area contributed by atoms with E-state index < -0.39 is 11.9 Å². The third-order valence-electron chi connectivity index (χ3n) is 6.13. The zero-order valence-corrected chi connectivity index (χ0v) is 19.1. The lowest BCUT2D eigenvalue weighted by Crippen LogP contribution is -2.50. The molecule has 2 fully saturated rings. The largest absolute Gasteiger partial charge is 0.478 e. The monoisotopic (exact) mass is 470 g/mol. The summed E-state index contributed by atoms with van der Waals surface area (Å²) in [5.74, 6) is -1.29. The highest BCUT2D eigenvalue weighted by Crippen LogP contribution is 2.27. The zero-order valence-electron chi connectivity index (χ0n) is 18.3. The van der Waals surface area contributed by atoms with Gasteiger partial charge in [-0.3, -0.25) is 14.5 Å². The number of amides is 2. The van der Waals surface area contributed by atoms with Crippen LogP contribution in [0.2, 0.25) is 5.02 Å². The Morgan fingerprint density at radius 1 is 0.909 bits per heavy atom. The maximum Gasteiger partial charge on any atom is 0.337 e. The minimum absolute atomic E-state index is 0.119. The number of hydrogen-bond acceptors (Lipinski definition) is 5. The second-order valence-corrected chi connectivity index (χ2v) is 8.73. The Hall–Kier alpha value is -3.10. The van der Waals surface area contributed by atoms with Gasteiger partial charge < -0.3 is 20.2 Å². The Balaban J connectivity index is 1.41. The van der Waals surface area contributed by atoms with Gasteiger partial charge in [0.25, 0.3) is 5.91 Å². The van der Waals surface area contributed by atoms with Gasteiger partial charge in [0.2, 0.25) is 5.91 Å². The molecule has 0 aromatic heterocycles. The molecule has 2 heterocycles. The van der Waals surface area contributed by atoms with Crippen LogP contribution in [-0.4, -0.2) is 78.5 Å². The van der Waals surface area contributed by atoms with Crippen LogP contribution in [0.15, 0.2) is 42.5 Å². The number of halogens is 1. The van der Waals surface area contributed by atoms with Crippen molar-refractivity contribution in [2.24, 2.45) is 0 Å². The number of nitrogens with zero attached hydrogens (tertiary/aromatic N) is 3. The molecule has 2 aliphatic heterocycles. The molecule has 174 valence electrons. The van der Waals surface area contributed by atoms with E-state index in [-0.39, 0.29) is 11.5 Å². The third kappa shape index (κ3) is 5.46. The van der Waals surface area contributed by atoms with Crippen LogP contribution in [0.3, 0.4) is 0 Å². The second kappa shape index (κ2) is 10.2. The number of carbonyl (C=O) groups is 3. The number of nitrogens with one attached hydrogen (secondary N) is 1. The molecule has 0 aliphatic carbocycles. The molecule has 2 aliphatic rings. The fraction of sp³-hybridized carbons (Fsp3) is 0.375. The molecule has 8 nitrogen and oxygen atoms in total. The number of anilines is 2. The summed E-state index contributed by atoms with van der Waals surface area (Å²) in [6, 6.07) is 11.6. The van der Waals surface area contributed by atoms with Crippen molar-refractivity contribution in [3.05, 3.63) is 58.6 Å². The van der Waals surface area contributed by atoms with Crippen LogP contribution in [0.25, 0.3) is 0 Å². The fourth-order valence-corrected chi connectivity index (χ4v) is 4.53. The molecule has 2 aromatic rings. The number of carboxylic acids is 1. The standard InChI is InChI=1S/C24H27ClN4O4/c25-20-6-2-1-5-18(20)23(31)26-17-7-8-21(19(15-17)24(32)33)28-13-11-27(12-14-28)16-22(30)29-9-3-4-10-29/h1-2,5-8,15H,3-4,9-14,16H2,(H,26,31)(H,32,33). The molecule has 0 radical (unpaired) electrons. The van der Waals surface area contributed by atoms with Crippen LogP contribution in [0, 0.1) is 0 Å². The summed E-state index contributed by atoms with van der Waals surface area (Å²) < 4.78 is 0. The minimum atomic E-state index is -1.06. The smallest absolute Gasteiger partial charge is 0.337 e. The molecule has 0 bridgehead atoms. The molecule has 2 aromatic carbocycles. The number of likely N-dealkylation sites (tertiary alicyclic amines) is 1. The van der Waals surface area contributed by atoms with E-state index >= 15 is 0 Å². The number of rotatable bonds is 6. The molecule has 9 heteroatoms. The van der Waals surface area contributed by atoms with Gasteiger partial charge in [0.1, 0.15) is 0 Å². The molecule has 2 N–H and O–H groups in total. The molecule has 33 heavy (non-hydrogen) atoms. The Kier molecular flexibility index (Phi) is 7.15. The molecular formula is C24H27ClN4O4. The average Bonchev–Trinajstić information content (AvgIpc) is 3.35. The summed E-state index contributed by atoms with van der Waals surface area (Å²) in [4.78, 5) is 43.0. The highest BCUT2D eigenvalue weighted by Gasteiger charge is 2.25. The van der Waals surface area contributed by atoms with Crippen molar-refractivity contribution >= 4 is 40.8 Å². The summed E-state index contributed by atoms with van der Waals surface area (Å²) >= 11 is 6.08. The van der Waals surface area contributed by atoms with Gasteiger partial charge in [-0.05, 0) is 43.2 Å². The van der Waals surface area contributed by atoms with Crippen molar-refractivity contribution in [3.63, 3.8) is 0 Å². The quantitative estimate of drug-likeness (QED) is 0.674. The second-order valence-electron chi connectivity index (χ2n) is 8.32. The molecule has 2 amide bonds. The first-order valence-electron chi connectivity index (χ1n) is 11.1. The maximum absolute atomic E-state index is 12.5. The van der Waals surface area contributed by atoms with Gasteiger partial charge in [-0.25, -0.2) is 4.79 Å². The van der Waals surface area contributed by atoms with Gasteiger partial charge in [-0.2, -0.15) is 0 Å². The molecule has 4 rings (SSSR count). The highest BCUT2D eigenvalue weighted by atomic mass is 35.5. The Morgan fingerprint density at radius 3 is 2.27 bits per heavy atom. The lowest BCUT2D eigenvalue weighted by Gasteiger charge is -2.37. The van der Waals surface area contributed by atoms with Gasteiger partial charge in [-0.1, -0.05) is 23.7 Å². The SMILES string of the molecule is O=C(Nc1ccc(N2CCN(CC(=O)N3CCCC3)CC2)c(C(=O)O)c1)c1ccccc1Cl. The Morgan fingerprint density at radius 2 is 1.61 bits per heavy atom. The number of benzene rings is 2. The molecule has 0 saturated carbocycles. The van der Waals surface area contributed by atoms with Crippen molar-refractivity contribution in [1.29, 1.82) is 0 Å². The topological polar surface area (TPSA) is 93.2 Å². The molecule has 0 unspecified atom stereocenters. The number of piperazine rings is 1. The van der Waals surface area contributed by atoms with E-state index in [1.165, 1.54) is 6.07 Å². The van der Waals surface area contributed by atoms with Gasteiger partial charge in [0.15, 0.2) is 0 Å². The molecule has 0 spiro atoms. The third-order valence-corrected chi connectivity index (χ3v) is 6.46. The summed E-state index contributed by atoms with van der Waals surface area (Å²) in [5.41, 5.74) is 1.42. The summed E-state index contributed by atoms with van der Waals surface area (Å²) in [6.45, 7) is 4.72. The van der Waals surface area contributed by atoms with E-state index in [0.717, 1.165) is 25.9 Å². The number of hydrogen-bond donors (Lipinski definition) is 2. The normalized spacial score (nSPS) is 16.6. The Bertz CT molecular complexity index is 1050. The minimum Gasteiger partial charge on any atom is -0.478 e. The first-order valence-corrected chi connectivity index (χ1v) is 11.5. The molecule has 2 saturated heterocycles. The van der Waals surface area contributed by atoms with Gasteiger partial charge in [0, 0.05) is 45.0 Å². The first-order chi connectivity index (χ1) is 15.9. The van der Waals surface area contributed by atoms with Gasteiger partial charge in [-0.15, -0.1) is 0 Å². The fourth-order valence-electron chi connectivity index (χ4n) is 4.31. The van der Waals surface area contributed by atoms with E-state index in [0.29, 0.717) is 54.7 Å². The maximum atomic E-state index is 12.5. The summed E-state index contributed by atoms with van der Waals surface area (Å²) in [5, 5.41) is 12.8. The predicted octanol–water partition coefficient (Wildman–Crippen LogP) is 3.03. The van der Waals surface area contributed by atoms with E-state index in [4.69, 9.17) is 11.6 Å². The van der Waals surface area contributed by atoms with E-state index in [1.807, 2.05) is 9.80 Å². The van der Waals surface area contributed by atoms with E-state index in [1.54, 1.807) is 36.4 Å². The van der Waals surface area contributed by atoms with Crippen molar-refractivity contribution in [1.82, 2.24) is 9.80 Å². The van der Waals surface area contributed by atoms with Crippen LogP contribution < -0.4 is 10.2 Å². The average molecular weight is 471 g/mol. The summed E-state index contributed by atoms with van der Waals surface area (Å²) in [6.07, 6.45) is 2.15. The van der Waals surface area contributed by atoms with Crippen molar-refractivity contribution in [2.45, 2.75) is 12.8 Å². The Labute approximate surface area is 197 Å². The van der Waals surface area contributed by atoms with Crippen LogP contribution in [-0.2, 0) is 4.79 Å². The van der Waals surface area contributed by atoms with Crippen LogP contribution in [0.1, 0.15) is 33.6 Å². The molecule has 0 atom stereocenters. The van der Waals surface area contributed by atoms with Crippen molar-refractivity contribution < 1.29 is 19.5 Å². The molecular weight excluding hydrogens is 444 g/mol. The lowest BCUT2D eigenvalue weighted by atomic mass is 10.1. The van der Waals surface area contributed by atoms with Crippen molar-refractivity contribution in [2.75, 3.05) is 56.0 Å².